The van der Waals surface area contributed by atoms with Gasteiger partial charge in [0.15, 0.2) is 5.76 Å². The molecule has 2 amide bonds. The van der Waals surface area contributed by atoms with Crippen molar-refractivity contribution >= 4 is 18.1 Å². The summed E-state index contributed by atoms with van der Waals surface area (Å²) >= 11 is 0. The van der Waals surface area contributed by atoms with Gasteiger partial charge in [-0.1, -0.05) is 38.3 Å². The molecule has 1 heterocycles. The second kappa shape index (κ2) is 7.47. The van der Waals surface area contributed by atoms with Gasteiger partial charge in [0.25, 0.3) is 5.91 Å². The Morgan fingerprint density at radius 2 is 1.90 bits per heavy atom. The Bertz CT molecular complexity index is 534. The molecule has 0 radical (unpaired) electrons. The average Bonchev–Trinajstić information content (AvgIpc) is 2.78. The minimum absolute atomic E-state index is 0.00762. The van der Waals surface area contributed by atoms with E-state index in [1.54, 1.807) is 0 Å². The lowest BCUT2D eigenvalue weighted by Crippen LogP contribution is -2.18. The Hall–Kier alpha value is -2.30. The minimum atomic E-state index is -0.738. The predicted molar refractivity (Wildman–Crippen MR) is 78.7 cm³/mol. The van der Waals surface area contributed by atoms with Crippen molar-refractivity contribution in [2.45, 2.75) is 32.6 Å². The summed E-state index contributed by atoms with van der Waals surface area (Å²) in [5.74, 6) is 0.283. The van der Waals surface area contributed by atoms with Crippen LogP contribution in [-0.4, -0.2) is 18.6 Å². The topological polar surface area (TPSA) is 64.6 Å². The highest BCUT2D eigenvalue weighted by Crippen LogP contribution is 2.17. The Morgan fingerprint density at radius 1 is 1.14 bits per heavy atom. The summed E-state index contributed by atoms with van der Waals surface area (Å²) in [6.07, 6.45) is 5.46. The number of ether oxygens (including phenoxy) is 2. The van der Waals surface area contributed by atoms with Gasteiger partial charge in [-0.15, -0.1) is 0 Å². The number of benzene rings is 1. The first-order valence-electron chi connectivity index (χ1n) is 7.17. The van der Waals surface area contributed by atoms with Crippen molar-refractivity contribution < 1.29 is 19.1 Å². The van der Waals surface area contributed by atoms with Crippen molar-refractivity contribution in [3.05, 3.63) is 35.6 Å². The smallest absolute Gasteiger partial charge is 0.419 e. The van der Waals surface area contributed by atoms with Crippen LogP contribution in [0.25, 0.3) is 6.08 Å². The van der Waals surface area contributed by atoms with Crippen molar-refractivity contribution in [1.82, 2.24) is 5.32 Å². The summed E-state index contributed by atoms with van der Waals surface area (Å²) in [7, 11) is 0. The molecule has 1 saturated heterocycles. The van der Waals surface area contributed by atoms with Crippen molar-refractivity contribution in [3.63, 3.8) is 0 Å². The van der Waals surface area contributed by atoms with Crippen LogP contribution in [0.5, 0.6) is 5.75 Å². The van der Waals surface area contributed by atoms with Crippen LogP contribution < -0.4 is 10.1 Å². The summed E-state index contributed by atoms with van der Waals surface area (Å²) in [4.78, 5) is 22.2. The van der Waals surface area contributed by atoms with Crippen LogP contribution in [0, 0.1) is 0 Å². The molecule has 0 bridgehead atoms. The third-order valence-corrected chi connectivity index (χ3v) is 3.09. The molecular formula is C16H19NO4. The van der Waals surface area contributed by atoms with Crippen LogP contribution in [0.15, 0.2) is 30.0 Å². The molecule has 0 saturated carbocycles. The SMILES string of the molecule is CCCCCCOc1ccc(C=C2OC(=O)NC2=O)cc1. The van der Waals surface area contributed by atoms with Gasteiger partial charge in [-0.2, -0.15) is 0 Å². The van der Waals surface area contributed by atoms with Crippen LogP contribution in [-0.2, 0) is 9.53 Å². The highest BCUT2D eigenvalue weighted by Gasteiger charge is 2.25. The number of rotatable bonds is 7. The van der Waals surface area contributed by atoms with Gasteiger partial charge in [-0.05, 0) is 30.2 Å². The highest BCUT2D eigenvalue weighted by molar-refractivity contribution is 6.09. The standard InChI is InChI=1S/C16H19NO4/c1-2-3-4-5-10-20-13-8-6-12(7-9-13)11-14-15(18)17-16(19)21-14/h6-9,11H,2-5,10H2,1H3,(H,17,18,19). The van der Waals surface area contributed by atoms with Crippen molar-refractivity contribution in [1.29, 1.82) is 0 Å². The fourth-order valence-corrected chi connectivity index (χ4v) is 1.95. The largest absolute Gasteiger partial charge is 0.494 e. The first kappa shape index (κ1) is 15.1. The molecule has 112 valence electrons. The van der Waals surface area contributed by atoms with E-state index in [4.69, 9.17) is 9.47 Å². The van der Waals surface area contributed by atoms with Crippen LogP contribution in [0.3, 0.4) is 0 Å². The quantitative estimate of drug-likeness (QED) is 0.618. The lowest BCUT2D eigenvalue weighted by Gasteiger charge is -2.06. The van der Waals surface area contributed by atoms with Crippen LogP contribution in [0.4, 0.5) is 4.79 Å². The van der Waals surface area contributed by atoms with Gasteiger partial charge in [0.05, 0.1) is 6.61 Å². The van der Waals surface area contributed by atoms with Gasteiger partial charge < -0.3 is 9.47 Å². The number of unbranched alkanes of at least 4 members (excludes halogenated alkanes) is 3. The second-order valence-corrected chi connectivity index (χ2v) is 4.83. The first-order valence-corrected chi connectivity index (χ1v) is 7.17. The molecule has 0 aliphatic carbocycles. The van der Waals surface area contributed by atoms with Gasteiger partial charge in [0.2, 0.25) is 0 Å². The zero-order chi connectivity index (χ0) is 15.1. The molecule has 2 rings (SSSR count). The minimum Gasteiger partial charge on any atom is -0.494 e. The number of nitrogens with one attached hydrogen (secondary N) is 1. The molecule has 1 N–H and O–H groups in total. The third kappa shape index (κ3) is 4.63. The molecule has 0 aromatic heterocycles. The number of amides is 2. The van der Waals surface area contributed by atoms with Crippen molar-refractivity contribution in [3.8, 4) is 5.75 Å². The van der Waals surface area contributed by atoms with Crippen LogP contribution in [0.2, 0.25) is 0 Å². The van der Waals surface area contributed by atoms with E-state index in [2.05, 4.69) is 12.2 Å². The number of carbonyl (C=O) groups excluding carboxylic acids is 2. The number of hydrogen-bond donors (Lipinski definition) is 1. The van der Waals surface area contributed by atoms with Gasteiger partial charge in [0, 0.05) is 0 Å². The highest BCUT2D eigenvalue weighted by atomic mass is 16.6. The van der Waals surface area contributed by atoms with Gasteiger partial charge in [0.1, 0.15) is 5.75 Å². The second-order valence-electron chi connectivity index (χ2n) is 4.83. The molecule has 1 fully saturated rings. The summed E-state index contributed by atoms with van der Waals surface area (Å²) in [6.45, 7) is 2.89. The number of hydrogen-bond acceptors (Lipinski definition) is 4. The maximum absolute atomic E-state index is 11.3. The molecule has 0 atom stereocenters. The van der Waals surface area contributed by atoms with E-state index in [-0.39, 0.29) is 5.76 Å². The van der Waals surface area contributed by atoms with Gasteiger partial charge in [-0.25, -0.2) is 4.79 Å². The number of imide groups is 1. The lowest BCUT2D eigenvalue weighted by atomic mass is 10.2. The summed E-state index contributed by atoms with van der Waals surface area (Å²) in [5, 5.41) is 2.05. The molecule has 5 heteroatoms. The number of carbonyl (C=O) groups is 2. The molecule has 1 aliphatic rings. The van der Waals surface area contributed by atoms with Crippen molar-refractivity contribution in [2.24, 2.45) is 0 Å². The molecule has 1 aliphatic heterocycles. The Balaban J connectivity index is 1.86. The fourth-order valence-electron chi connectivity index (χ4n) is 1.95. The molecule has 1 aromatic rings. The monoisotopic (exact) mass is 289 g/mol. The van der Waals surface area contributed by atoms with Crippen LogP contribution in [0.1, 0.15) is 38.2 Å². The zero-order valence-corrected chi connectivity index (χ0v) is 12.1. The Morgan fingerprint density at radius 3 is 2.52 bits per heavy atom. The van der Waals surface area contributed by atoms with E-state index in [1.807, 2.05) is 24.3 Å². The van der Waals surface area contributed by atoms with Crippen molar-refractivity contribution in [2.75, 3.05) is 6.61 Å². The first-order chi connectivity index (χ1) is 10.2. The number of cyclic esters (lactones) is 1. The lowest BCUT2D eigenvalue weighted by molar-refractivity contribution is -0.116. The van der Waals surface area contributed by atoms with E-state index in [1.165, 1.54) is 25.3 Å². The summed E-state index contributed by atoms with van der Waals surface area (Å²) in [6, 6.07) is 7.30. The Labute approximate surface area is 123 Å². The molecule has 1 aromatic carbocycles. The summed E-state index contributed by atoms with van der Waals surface area (Å²) in [5.41, 5.74) is 0.771. The normalized spacial score (nSPS) is 16.0. The third-order valence-electron chi connectivity index (χ3n) is 3.09. The summed E-state index contributed by atoms with van der Waals surface area (Å²) < 4.78 is 10.4. The maximum Gasteiger partial charge on any atom is 0.419 e. The average molecular weight is 289 g/mol. The molecule has 0 spiro atoms. The number of alkyl carbamates (subject to hydrolysis) is 1. The van der Waals surface area contributed by atoms with Gasteiger partial charge >= 0.3 is 6.09 Å². The molecule has 21 heavy (non-hydrogen) atoms. The van der Waals surface area contributed by atoms with E-state index in [0.29, 0.717) is 6.61 Å². The fraction of sp³-hybridized carbons (Fsp3) is 0.375. The van der Waals surface area contributed by atoms with E-state index < -0.39 is 12.0 Å². The van der Waals surface area contributed by atoms with Crippen LogP contribution >= 0.6 is 0 Å². The Kier molecular flexibility index (Phi) is 5.37. The molecular weight excluding hydrogens is 270 g/mol. The van der Waals surface area contributed by atoms with E-state index in [9.17, 15) is 9.59 Å². The molecule has 5 nitrogen and oxygen atoms in total. The van der Waals surface area contributed by atoms with E-state index in [0.717, 1.165) is 17.7 Å². The maximum atomic E-state index is 11.3. The predicted octanol–water partition coefficient (Wildman–Crippen LogP) is 3.25. The molecule has 0 unspecified atom stereocenters. The van der Waals surface area contributed by atoms with E-state index >= 15 is 0 Å². The zero-order valence-electron chi connectivity index (χ0n) is 12.1. The van der Waals surface area contributed by atoms with Gasteiger partial charge in [-0.3, -0.25) is 10.1 Å².